The molecule has 2 rings (SSSR count). The second kappa shape index (κ2) is 7.47. The lowest BCUT2D eigenvalue weighted by atomic mass is 10.1. The summed E-state index contributed by atoms with van der Waals surface area (Å²) >= 11 is 11.6. The third-order valence-corrected chi connectivity index (χ3v) is 3.55. The van der Waals surface area contributed by atoms with Gasteiger partial charge in [-0.05, 0) is 42.8 Å². The standard InChI is InChI=1S/C16H14Cl2FNO2/c1-10(11-2-4-12(17)5-3-11)20-16(21)9-22-15-7-6-13(19)8-14(15)18/h2-8,10H,9H2,1H3,(H,20,21)/t10-/m0/s1. The van der Waals surface area contributed by atoms with Gasteiger partial charge in [-0.3, -0.25) is 4.79 Å². The second-order valence-corrected chi connectivity index (χ2v) is 5.55. The van der Waals surface area contributed by atoms with Gasteiger partial charge in [0.25, 0.3) is 5.91 Å². The number of hydrogen-bond donors (Lipinski definition) is 1. The number of halogens is 3. The van der Waals surface area contributed by atoms with Crippen LogP contribution in [-0.2, 0) is 4.79 Å². The molecule has 0 unspecified atom stereocenters. The average Bonchev–Trinajstić information content (AvgIpc) is 2.47. The van der Waals surface area contributed by atoms with E-state index in [2.05, 4.69) is 5.32 Å². The first-order valence-corrected chi connectivity index (χ1v) is 7.34. The number of ether oxygens (including phenoxy) is 1. The molecule has 0 aromatic heterocycles. The molecule has 116 valence electrons. The van der Waals surface area contributed by atoms with E-state index in [0.717, 1.165) is 11.6 Å². The van der Waals surface area contributed by atoms with Crippen molar-refractivity contribution in [2.75, 3.05) is 6.61 Å². The third kappa shape index (κ3) is 4.61. The Labute approximate surface area is 138 Å². The van der Waals surface area contributed by atoms with E-state index in [1.54, 1.807) is 12.1 Å². The molecule has 0 spiro atoms. The highest BCUT2D eigenvalue weighted by Gasteiger charge is 2.11. The summed E-state index contributed by atoms with van der Waals surface area (Å²) in [6.45, 7) is 1.65. The lowest BCUT2D eigenvalue weighted by Crippen LogP contribution is -2.31. The zero-order chi connectivity index (χ0) is 16.1. The molecule has 6 heteroatoms. The molecule has 1 atom stereocenters. The van der Waals surface area contributed by atoms with Crippen LogP contribution in [0.15, 0.2) is 42.5 Å². The van der Waals surface area contributed by atoms with Crippen molar-refractivity contribution in [2.24, 2.45) is 0 Å². The minimum Gasteiger partial charge on any atom is -0.482 e. The Hall–Kier alpha value is -1.78. The van der Waals surface area contributed by atoms with Gasteiger partial charge in [0.15, 0.2) is 6.61 Å². The van der Waals surface area contributed by atoms with Gasteiger partial charge in [-0.2, -0.15) is 0 Å². The fourth-order valence-electron chi connectivity index (χ4n) is 1.85. The van der Waals surface area contributed by atoms with E-state index in [9.17, 15) is 9.18 Å². The maximum atomic E-state index is 12.9. The Morgan fingerprint density at radius 1 is 1.23 bits per heavy atom. The molecule has 0 aliphatic carbocycles. The second-order valence-electron chi connectivity index (χ2n) is 4.70. The summed E-state index contributed by atoms with van der Waals surface area (Å²) in [4.78, 5) is 11.9. The summed E-state index contributed by atoms with van der Waals surface area (Å²) in [6.07, 6.45) is 0. The summed E-state index contributed by atoms with van der Waals surface area (Å²) in [6, 6.07) is 10.7. The first-order valence-electron chi connectivity index (χ1n) is 6.58. The van der Waals surface area contributed by atoms with Crippen LogP contribution in [0.3, 0.4) is 0 Å². The van der Waals surface area contributed by atoms with E-state index in [1.807, 2.05) is 19.1 Å². The van der Waals surface area contributed by atoms with Crippen molar-refractivity contribution in [3.63, 3.8) is 0 Å². The average molecular weight is 342 g/mol. The molecule has 0 bridgehead atoms. The Balaban J connectivity index is 1.88. The Morgan fingerprint density at radius 3 is 2.55 bits per heavy atom. The van der Waals surface area contributed by atoms with E-state index < -0.39 is 5.82 Å². The zero-order valence-corrected chi connectivity index (χ0v) is 13.3. The summed E-state index contributed by atoms with van der Waals surface area (Å²) in [5, 5.41) is 3.55. The van der Waals surface area contributed by atoms with Crippen molar-refractivity contribution in [1.29, 1.82) is 0 Å². The summed E-state index contributed by atoms with van der Waals surface area (Å²) < 4.78 is 18.2. The molecular formula is C16H14Cl2FNO2. The van der Waals surface area contributed by atoms with Crippen LogP contribution in [0.2, 0.25) is 10.0 Å². The molecule has 0 radical (unpaired) electrons. The number of carbonyl (C=O) groups is 1. The number of amides is 1. The molecule has 22 heavy (non-hydrogen) atoms. The largest absolute Gasteiger partial charge is 0.482 e. The van der Waals surface area contributed by atoms with Gasteiger partial charge >= 0.3 is 0 Å². The first kappa shape index (κ1) is 16.6. The van der Waals surface area contributed by atoms with Crippen molar-refractivity contribution in [3.8, 4) is 5.75 Å². The van der Waals surface area contributed by atoms with Crippen LogP contribution in [-0.4, -0.2) is 12.5 Å². The number of carbonyl (C=O) groups excluding carboxylic acids is 1. The molecule has 0 saturated heterocycles. The number of rotatable bonds is 5. The Morgan fingerprint density at radius 2 is 1.91 bits per heavy atom. The molecule has 1 amide bonds. The molecule has 0 aliphatic heterocycles. The first-order chi connectivity index (χ1) is 10.5. The van der Waals surface area contributed by atoms with Gasteiger partial charge in [-0.1, -0.05) is 35.3 Å². The zero-order valence-electron chi connectivity index (χ0n) is 11.8. The molecule has 2 aromatic rings. The quantitative estimate of drug-likeness (QED) is 0.875. The number of hydrogen-bond acceptors (Lipinski definition) is 2. The lowest BCUT2D eigenvalue weighted by molar-refractivity contribution is -0.123. The van der Waals surface area contributed by atoms with Crippen LogP contribution < -0.4 is 10.1 Å². The van der Waals surface area contributed by atoms with Crippen LogP contribution >= 0.6 is 23.2 Å². The Kier molecular flexibility index (Phi) is 5.63. The molecule has 1 N–H and O–H groups in total. The van der Waals surface area contributed by atoms with Gasteiger partial charge in [0.05, 0.1) is 11.1 Å². The molecule has 0 aliphatic rings. The normalized spacial score (nSPS) is 11.8. The summed E-state index contributed by atoms with van der Waals surface area (Å²) in [5.74, 6) is -0.502. The van der Waals surface area contributed by atoms with Crippen molar-refractivity contribution in [2.45, 2.75) is 13.0 Å². The predicted molar refractivity (Wildman–Crippen MR) is 84.9 cm³/mol. The summed E-state index contributed by atoms with van der Waals surface area (Å²) in [5.41, 5.74) is 0.928. The van der Waals surface area contributed by atoms with Crippen molar-refractivity contribution >= 4 is 29.1 Å². The van der Waals surface area contributed by atoms with Crippen LogP contribution in [0.5, 0.6) is 5.75 Å². The van der Waals surface area contributed by atoms with Gasteiger partial charge < -0.3 is 10.1 Å². The van der Waals surface area contributed by atoms with E-state index in [1.165, 1.54) is 12.1 Å². The van der Waals surface area contributed by atoms with Gasteiger partial charge in [-0.25, -0.2) is 4.39 Å². The fourth-order valence-corrected chi connectivity index (χ4v) is 2.20. The predicted octanol–water partition coefficient (Wildman–Crippen LogP) is 4.39. The maximum absolute atomic E-state index is 12.9. The highest BCUT2D eigenvalue weighted by molar-refractivity contribution is 6.32. The van der Waals surface area contributed by atoms with Crippen molar-refractivity contribution in [1.82, 2.24) is 5.32 Å². The third-order valence-electron chi connectivity index (χ3n) is 3.00. The minimum atomic E-state index is -0.460. The number of nitrogens with one attached hydrogen (secondary N) is 1. The molecule has 3 nitrogen and oxygen atoms in total. The van der Waals surface area contributed by atoms with E-state index in [0.29, 0.717) is 5.02 Å². The summed E-state index contributed by atoms with van der Waals surface area (Å²) in [7, 11) is 0. The fraction of sp³-hybridized carbons (Fsp3) is 0.188. The molecule has 0 saturated carbocycles. The molecular weight excluding hydrogens is 328 g/mol. The lowest BCUT2D eigenvalue weighted by Gasteiger charge is -2.15. The van der Waals surface area contributed by atoms with Crippen LogP contribution in [0, 0.1) is 5.82 Å². The molecule has 2 aromatic carbocycles. The SMILES string of the molecule is C[C@H](NC(=O)COc1ccc(F)cc1Cl)c1ccc(Cl)cc1. The van der Waals surface area contributed by atoms with Crippen LogP contribution in [0.4, 0.5) is 4.39 Å². The Bertz CT molecular complexity index is 662. The van der Waals surface area contributed by atoms with E-state index in [-0.39, 0.29) is 29.3 Å². The maximum Gasteiger partial charge on any atom is 0.258 e. The van der Waals surface area contributed by atoms with Gasteiger partial charge in [0.2, 0.25) is 0 Å². The van der Waals surface area contributed by atoms with E-state index >= 15 is 0 Å². The van der Waals surface area contributed by atoms with Crippen LogP contribution in [0.25, 0.3) is 0 Å². The minimum absolute atomic E-state index is 0.124. The topological polar surface area (TPSA) is 38.3 Å². The highest BCUT2D eigenvalue weighted by atomic mass is 35.5. The number of benzene rings is 2. The highest BCUT2D eigenvalue weighted by Crippen LogP contribution is 2.24. The van der Waals surface area contributed by atoms with E-state index in [4.69, 9.17) is 27.9 Å². The van der Waals surface area contributed by atoms with Crippen molar-refractivity contribution in [3.05, 3.63) is 63.9 Å². The molecule has 0 heterocycles. The van der Waals surface area contributed by atoms with Gasteiger partial charge in [0.1, 0.15) is 11.6 Å². The monoisotopic (exact) mass is 341 g/mol. The van der Waals surface area contributed by atoms with Crippen LogP contribution in [0.1, 0.15) is 18.5 Å². The smallest absolute Gasteiger partial charge is 0.258 e. The molecule has 0 fully saturated rings. The van der Waals surface area contributed by atoms with Gasteiger partial charge in [0, 0.05) is 5.02 Å². The van der Waals surface area contributed by atoms with Crippen molar-refractivity contribution < 1.29 is 13.9 Å². The van der Waals surface area contributed by atoms with Gasteiger partial charge in [-0.15, -0.1) is 0 Å².